The van der Waals surface area contributed by atoms with Crippen LogP contribution in [0, 0.1) is 0 Å². The molecule has 0 aliphatic carbocycles. The molecule has 1 heterocycles. The molecule has 3 nitrogen and oxygen atoms in total. The number of ether oxygens (including phenoxy) is 2. The lowest BCUT2D eigenvalue weighted by Crippen LogP contribution is -2.32. The highest BCUT2D eigenvalue weighted by Gasteiger charge is 2.34. The SMILES string of the molecule is CC(C)(N)c1cc2c(cc1C(C)(F)F)OCO2. The van der Waals surface area contributed by atoms with Crippen molar-refractivity contribution in [2.45, 2.75) is 32.2 Å². The van der Waals surface area contributed by atoms with Crippen molar-refractivity contribution in [3.05, 3.63) is 23.3 Å². The second kappa shape index (κ2) is 3.57. The monoisotopic (exact) mass is 243 g/mol. The second-order valence-corrected chi connectivity index (χ2v) is 4.86. The van der Waals surface area contributed by atoms with E-state index in [1.807, 2.05) is 0 Å². The number of fused-ring (bicyclic) bond motifs is 1. The summed E-state index contributed by atoms with van der Waals surface area (Å²) in [4.78, 5) is 0. The smallest absolute Gasteiger partial charge is 0.270 e. The third-order valence-electron chi connectivity index (χ3n) is 2.68. The molecule has 1 aromatic carbocycles. The Balaban J connectivity index is 2.64. The van der Waals surface area contributed by atoms with Gasteiger partial charge in [-0.3, -0.25) is 0 Å². The van der Waals surface area contributed by atoms with Crippen LogP contribution in [0.1, 0.15) is 31.9 Å². The van der Waals surface area contributed by atoms with E-state index in [0.717, 1.165) is 6.92 Å². The maximum atomic E-state index is 13.6. The number of hydrogen-bond donors (Lipinski definition) is 1. The Morgan fingerprint density at radius 3 is 1.94 bits per heavy atom. The highest BCUT2D eigenvalue weighted by molar-refractivity contribution is 5.51. The third kappa shape index (κ3) is 2.20. The van der Waals surface area contributed by atoms with Crippen molar-refractivity contribution in [3.63, 3.8) is 0 Å². The molecule has 94 valence electrons. The van der Waals surface area contributed by atoms with Crippen molar-refractivity contribution in [1.82, 2.24) is 0 Å². The molecular formula is C12H15F2NO2. The van der Waals surface area contributed by atoms with E-state index in [9.17, 15) is 8.78 Å². The van der Waals surface area contributed by atoms with E-state index < -0.39 is 11.5 Å². The van der Waals surface area contributed by atoms with Crippen LogP contribution in [-0.4, -0.2) is 6.79 Å². The van der Waals surface area contributed by atoms with E-state index in [4.69, 9.17) is 15.2 Å². The lowest BCUT2D eigenvalue weighted by atomic mass is 9.88. The zero-order chi connectivity index (χ0) is 12.8. The average molecular weight is 243 g/mol. The molecule has 0 saturated carbocycles. The number of nitrogens with two attached hydrogens (primary N) is 1. The Hall–Kier alpha value is -1.36. The van der Waals surface area contributed by atoms with Crippen molar-refractivity contribution < 1.29 is 18.3 Å². The van der Waals surface area contributed by atoms with Crippen LogP contribution in [0.5, 0.6) is 11.5 Å². The van der Waals surface area contributed by atoms with Gasteiger partial charge in [-0.1, -0.05) is 0 Å². The first-order valence-corrected chi connectivity index (χ1v) is 5.31. The number of hydrogen-bond acceptors (Lipinski definition) is 3. The number of benzene rings is 1. The summed E-state index contributed by atoms with van der Waals surface area (Å²) >= 11 is 0. The Kier molecular flexibility index (Phi) is 2.54. The quantitative estimate of drug-likeness (QED) is 0.868. The predicted molar refractivity (Wildman–Crippen MR) is 59.3 cm³/mol. The maximum Gasteiger partial charge on any atom is 0.270 e. The van der Waals surface area contributed by atoms with E-state index in [0.29, 0.717) is 17.1 Å². The topological polar surface area (TPSA) is 44.5 Å². The molecule has 0 unspecified atom stereocenters. The van der Waals surface area contributed by atoms with Gasteiger partial charge in [-0.15, -0.1) is 0 Å². The van der Waals surface area contributed by atoms with Crippen molar-refractivity contribution in [2.75, 3.05) is 6.79 Å². The van der Waals surface area contributed by atoms with Gasteiger partial charge in [-0.25, -0.2) is 8.78 Å². The molecule has 2 rings (SSSR count). The van der Waals surface area contributed by atoms with Crippen molar-refractivity contribution in [3.8, 4) is 11.5 Å². The fourth-order valence-electron chi connectivity index (χ4n) is 1.84. The fraction of sp³-hybridized carbons (Fsp3) is 0.500. The summed E-state index contributed by atoms with van der Waals surface area (Å²) in [6.07, 6.45) is 0. The van der Waals surface area contributed by atoms with E-state index in [2.05, 4.69) is 0 Å². The molecule has 1 aliphatic rings. The largest absolute Gasteiger partial charge is 0.454 e. The summed E-state index contributed by atoms with van der Waals surface area (Å²) < 4.78 is 37.4. The molecule has 0 spiro atoms. The zero-order valence-corrected chi connectivity index (χ0v) is 10.0. The minimum Gasteiger partial charge on any atom is -0.454 e. The Morgan fingerprint density at radius 1 is 1.06 bits per heavy atom. The van der Waals surface area contributed by atoms with Crippen molar-refractivity contribution >= 4 is 0 Å². The Bertz CT molecular complexity index is 406. The van der Waals surface area contributed by atoms with Crippen LogP contribution >= 0.6 is 0 Å². The molecule has 0 saturated heterocycles. The third-order valence-corrected chi connectivity index (χ3v) is 2.68. The van der Waals surface area contributed by atoms with Crippen LogP contribution < -0.4 is 15.2 Å². The first kappa shape index (κ1) is 12.1. The first-order valence-electron chi connectivity index (χ1n) is 5.31. The number of alkyl halides is 2. The summed E-state index contributed by atoms with van der Waals surface area (Å²) in [7, 11) is 0. The standard InChI is InChI=1S/C12H15F2NO2/c1-11(2,15)7-4-9-10(17-6-16-9)5-8(7)12(3,13)14/h4-5H,6,15H2,1-3H3. The van der Waals surface area contributed by atoms with Crippen molar-refractivity contribution in [2.24, 2.45) is 5.73 Å². The number of halogens is 2. The second-order valence-electron chi connectivity index (χ2n) is 4.86. The van der Waals surface area contributed by atoms with Gasteiger partial charge in [-0.05, 0) is 31.5 Å². The van der Waals surface area contributed by atoms with E-state index in [1.54, 1.807) is 13.8 Å². The van der Waals surface area contributed by atoms with E-state index in [-0.39, 0.29) is 12.4 Å². The molecule has 5 heteroatoms. The molecule has 1 aromatic rings. The van der Waals surface area contributed by atoms with Gasteiger partial charge in [0, 0.05) is 18.0 Å². The molecule has 0 radical (unpaired) electrons. The van der Waals surface area contributed by atoms with Crippen LogP contribution in [-0.2, 0) is 11.5 Å². The van der Waals surface area contributed by atoms with Gasteiger partial charge >= 0.3 is 0 Å². The molecule has 0 amide bonds. The number of rotatable bonds is 2. The minimum atomic E-state index is -2.97. The molecule has 0 aromatic heterocycles. The summed E-state index contributed by atoms with van der Waals surface area (Å²) in [5, 5.41) is 0. The molecule has 0 atom stereocenters. The van der Waals surface area contributed by atoms with Crippen LogP contribution in [0.3, 0.4) is 0 Å². The summed E-state index contributed by atoms with van der Waals surface area (Å²) in [6.45, 7) is 4.26. The predicted octanol–water partition coefficient (Wildman–Crippen LogP) is 2.72. The maximum absolute atomic E-state index is 13.6. The van der Waals surface area contributed by atoms with Gasteiger partial charge in [0.25, 0.3) is 5.92 Å². The van der Waals surface area contributed by atoms with E-state index >= 15 is 0 Å². The lowest BCUT2D eigenvalue weighted by molar-refractivity contribution is 0.0154. The summed E-state index contributed by atoms with van der Waals surface area (Å²) in [5.41, 5.74) is 5.31. The van der Waals surface area contributed by atoms with Crippen LogP contribution in [0.4, 0.5) is 8.78 Å². The molecule has 0 fully saturated rings. The fourth-order valence-corrected chi connectivity index (χ4v) is 1.84. The van der Waals surface area contributed by atoms with Gasteiger partial charge < -0.3 is 15.2 Å². The molecule has 2 N–H and O–H groups in total. The zero-order valence-electron chi connectivity index (χ0n) is 10.0. The Morgan fingerprint density at radius 2 is 1.53 bits per heavy atom. The molecule has 17 heavy (non-hydrogen) atoms. The van der Waals surface area contributed by atoms with Crippen LogP contribution in [0.25, 0.3) is 0 Å². The van der Waals surface area contributed by atoms with Crippen LogP contribution in [0.2, 0.25) is 0 Å². The molecular weight excluding hydrogens is 228 g/mol. The van der Waals surface area contributed by atoms with Crippen molar-refractivity contribution in [1.29, 1.82) is 0 Å². The van der Waals surface area contributed by atoms with Gasteiger partial charge in [0.1, 0.15) is 0 Å². The van der Waals surface area contributed by atoms with Gasteiger partial charge in [0.05, 0.1) is 0 Å². The average Bonchev–Trinajstić information content (AvgIpc) is 2.59. The normalized spacial score (nSPS) is 15.2. The Labute approximate surface area is 98.5 Å². The van der Waals surface area contributed by atoms with Gasteiger partial charge in [0.15, 0.2) is 11.5 Å². The highest BCUT2D eigenvalue weighted by atomic mass is 19.3. The summed E-state index contributed by atoms with van der Waals surface area (Å²) in [6, 6.07) is 2.85. The highest BCUT2D eigenvalue weighted by Crippen LogP contribution is 2.42. The first-order chi connectivity index (χ1) is 7.69. The van der Waals surface area contributed by atoms with Gasteiger partial charge in [-0.2, -0.15) is 0 Å². The molecule has 1 aliphatic heterocycles. The lowest BCUT2D eigenvalue weighted by Gasteiger charge is -2.26. The molecule has 0 bridgehead atoms. The van der Waals surface area contributed by atoms with Gasteiger partial charge in [0.2, 0.25) is 6.79 Å². The van der Waals surface area contributed by atoms with E-state index in [1.165, 1.54) is 12.1 Å². The minimum absolute atomic E-state index is 0.0541. The van der Waals surface area contributed by atoms with Crippen LogP contribution in [0.15, 0.2) is 12.1 Å². The summed E-state index contributed by atoms with van der Waals surface area (Å²) in [5.74, 6) is -2.16.